The fraction of sp³-hybridized carbons (Fsp3) is 0.844. The first kappa shape index (κ1) is 72.0. The van der Waals surface area contributed by atoms with E-state index in [0.29, 0.717) is 17.4 Å². The lowest BCUT2D eigenvalue weighted by atomic mass is 10.0. The number of phosphoric acid groups is 1. The number of ether oxygens (including phenoxy) is 2. The topological polar surface area (TPSA) is 111 Å². The summed E-state index contributed by atoms with van der Waals surface area (Å²) in [5.41, 5.74) is 0. The molecular weight excluding hydrogens is 942 g/mol. The molecule has 0 aromatic rings. The Bertz CT molecular complexity index is 1390. The van der Waals surface area contributed by atoms with Crippen molar-refractivity contribution < 1.29 is 42.1 Å². The van der Waals surface area contributed by atoms with Gasteiger partial charge in [-0.05, 0) is 77.0 Å². The molecule has 0 heterocycles. The molecule has 0 rings (SSSR count). The van der Waals surface area contributed by atoms with Crippen LogP contribution in [0.2, 0.25) is 0 Å². The molecule has 2 unspecified atom stereocenters. The van der Waals surface area contributed by atoms with E-state index in [0.717, 1.165) is 51.4 Å². The molecule has 0 aliphatic carbocycles. The molecule has 0 N–H and O–H groups in total. The number of hydrogen-bond acceptors (Lipinski definition) is 8. The molecule has 0 aromatic heterocycles. The van der Waals surface area contributed by atoms with Crippen LogP contribution in [0.25, 0.3) is 0 Å². The third-order valence-electron chi connectivity index (χ3n) is 13.8. The zero-order valence-corrected chi connectivity index (χ0v) is 50.2. The van der Waals surface area contributed by atoms with Gasteiger partial charge in [0.2, 0.25) is 0 Å². The maximum Gasteiger partial charge on any atom is 0.306 e. The lowest BCUT2D eigenvalue weighted by Gasteiger charge is -2.28. The number of nitrogens with zero attached hydrogens (tertiary/aromatic N) is 1. The largest absolute Gasteiger partial charge is 0.756 e. The standard InChI is InChI=1S/C64H120NO8P/c1-6-8-10-12-14-16-18-20-22-24-26-28-29-30-31-32-33-34-35-37-39-41-43-45-47-49-51-53-55-57-64(67)73-62(61-72-74(68,69)71-59-58-65(3,4)5)60-70-63(66)56-54-52-50-48-46-44-42-40-38-36-27-25-23-21-19-17-15-13-11-9-7-2/h18,20,24-27,29-30,62H,6-17,19,21-23,28,31-61H2,1-5H3/b20-18-,26-24-,27-25-,30-29-. The zero-order chi connectivity index (χ0) is 54.2. The molecule has 0 radical (unpaired) electrons. The second kappa shape index (κ2) is 55.7. The molecule has 9 nitrogen and oxygen atoms in total. The summed E-state index contributed by atoms with van der Waals surface area (Å²) in [6.45, 7) is 4.26. The Morgan fingerprint density at radius 1 is 0.419 bits per heavy atom. The first-order valence-corrected chi connectivity index (χ1v) is 32.8. The van der Waals surface area contributed by atoms with Gasteiger partial charge >= 0.3 is 11.9 Å². The van der Waals surface area contributed by atoms with Crippen LogP contribution in [0.15, 0.2) is 48.6 Å². The number of hydrogen-bond donors (Lipinski definition) is 0. The molecule has 0 amide bonds. The first-order chi connectivity index (χ1) is 36.0. The number of rotatable bonds is 58. The van der Waals surface area contributed by atoms with Gasteiger partial charge in [-0.3, -0.25) is 14.2 Å². The molecule has 0 bridgehead atoms. The summed E-state index contributed by atoms with van der Waals surface area (Å²) in [6.07, 6.45) is 70.2. The van der Waals surface area contributed by atoms with E-state index in [1.807, 2.05) is 21.1 Å². The molecule has 0 aromatic carbocycles. The van der Waals surface area contributed by atoms with E-state index in [4.69, 9.17) is 18.5 Å². The van der Waals surface area contributed by atoms with E-state index in [1.54, 1.807) is 0 Å². The average molecular weight is 1060 g/mol. The van der Waals surface area contributed by atoms with E-state index < -0.39 is 26.5 Å². The Morgan fingerprint density at radius 3 is 1.09 bits per heavy atom. The van der Waals surface area contributed by atoms with Crippen LogP contribution < -0.4 is 4.89 Å². The van der Waals surface area contributed by atoms with Crippen molar-refractivity contribution in [2.24, 2.45) is 0 Å². The summed E-state index contributed by atoms with van der Waals surface area (Å²) in [5.74, 6) is -0.825. The van der Waals surface area contributed by atoms with E-state index in [2.05, 4.69) is 62.5 Å². The highest BCUT2D eigenvalue weighted by Crippen LogP contribution is 2.38. The van der Waals surface area contributed by atoms with E-state index >= 15 is 0 Å². The van der Waals surface area contributed by atoms with Crippen molar-refractivity contribution in [2.45, 2.75) is 302 Å². The van der Waals surface area contributed by atoms with Crippen LogP contribution in [0, 0.1) is 0 Å². The molecule has 74 heavy (non-hydrogen) atoms. The zero-order valence-electron chi connectivity index (χ0n) is 49.3. The van der Waals surface area contributed by atoms with Crippen LogP contribution in [-0.4, -0.2) is 70.0 Å². The first-order valence-electron chi connectivity index (χ1n) is 31.3. The number of esters is 2. The fourth-order valence-corrected chi connectivity index (χ4v) is 9.68. The Labute approximate surface area is 458 Å². The summed E-state index contributed by atoms with van der Waals surface area (Å²) in [5, 5.41) is 0. The monoisotopic (exact) mass is 1060 g/mol. The maximum absolute atomic E-state index is 12.8. The minimum atomic E-state index is -4.64. The molecule has 434 valence electrons. The van der Waals surface area contributed by atoms with Crippen molar-refractivity contribution in [2.75, 3.05) is 47.5 Å². The lowest BCUT2D eigenvalue weighted by molar-refractivity contribution is -0.870. The van der Waals surface area contributed by atoms with Gasteiger partial charge in [-0.1, -0.05) is 255 Å². The number of carbonyl (C=O) groups excluding carboxylic acids is 2. The van der Waals surface area contributed by atoms with Gasteiger partial charge in [0.15, 0.2) is 6.10 Å². The van der Waals surface area contributed by atoms with Crippen molar-refractivity contribution in [1.29, 1.82) is 0 Å². The van der Waals surface area contributed by atoms with Gasteiger partial charge in [0, 0.05) is 12.8 Å². The molecule has 0 aliphatic rings. The average Bonchev–Trinajstić information content (AvgIpc) is 3.36. The molecule has 0 saturated carbocycles. The van der Waals surface area contributed by atoms with Gasteiger partial charge in [0.25, 0.3) is 7.82 Å². The Kier molecular flexibility index (Phi) is 54.2. The number of carbonyl (C=O) groups is 2. The predicted molar refractivity (Wildman–Crippen MR) is 314 cm³/mol. The fourth-order valence-electron chi connectivity index (χ4n) is 8.95. The highest BCUT2D eigenvalue weighted by Gasteiger charge is 2.22. The second-order valence-corrected chi connectivity index (χ2v) is 23.8. The van der Waals surface area contributed by atoms with Crippen LogP contribution >= 0.6 is 7.82 Å². The highest BCUT2D eigenvalue weighted by molar-refractivity contribution is 7.45. The van der Waals surface area contributed by atoms with Gasteiger partial charge in [0.05, 0.1) is 27.7 Å². The minimum Gasteiger partial charge on any atom is -0.756 e. The highest BCUT2D eigenvalue weighted by atomic mass is 31.2. The number of unbranched alkanes of at least 4 members (excludes halogenated alkanes) is 36. The van der Waals surface area contributed by atoms with Crippen LogP contribution in [-0.2, 0) is 32.7 Å². The summed E-state index contributed by atoms with van der Waals surface area (Å²) in [4.78, 5) is 37.9. The van der Waals surface area contributed by atoms with Crippen LogP contribution in [0.3, 0.4) is 0 Å². The molecule has 0 spiro atoms. The van der Waals surface area contributed by atoms with Crippen LogP contribution in [0.1, 0.15) is 296 Å². The maximum atomic E-state index is 12.8. The van der Waals surface area contributed by atoms with Crippen molar-refractivity contribution in [3.8, 4) is 0 Å². The van der Waals surface area contributed by atoms with E-state index in [1.165, 1.54) is 212 Å². The normalized spacial score (nSPS) is 13.5. The third-order valence-corrected chi connectivity index (χ3v) is 14.8. The number of allylic oxidation sites excluding steroid dienone is 8. The summed E-state index contributed by atoms with van der Waals surface area (Å²) in [6, 6.07) is 0. The smallest absolute Gasteiger partial charge is 0.306 e. The van der Waals surface area contributed by atoms with Crippen molar-refractivity contribution in [3.63, 3.8) is 0 Å². The molecular formula is C64H120NO8P. The summed E-state index contributed by atoms with van der Waals surface area (Å²) in [7, 11) is 1.17. The van der Waals surface area contributed by atoms with Gasteiger partial charge in [-0.15, -0.1) is 0 Å². The lowest BCUT2D eigenvalue weighted by Crippen LogP contribution is -2.37. The molecule has 0 aliphatic heterocycles. The third kappa shape index (κ3) is 59.2. The molecule has 0 saturated heterocycles. The van der Waals surface area contributed by atoms with E-state index in [9.17, 15) is 19.0 Å². The molecule has 0 fully saturated rings. The second-order valence-electron chi connectivity index (χ2n) is 22.4. The van der Waals surface area contributed by atoms with Gasteiger partial charge < -0.3 is 27.9 Å². The van der Waals surface area contributed by atoms with Crippen molar-refractivity contribution in [3.05, 3.63) is 48.6 Å². The predicted octanol–water partition coefficient (Wildman–Crippen LogP) is 19.1. The number of likely N-dealkylation sites (N-methyl/N-ethyl adjacent to an activating group) is 1. The van der Waals surface area contributed by atoms with Gasteiger partial charge in [-0.2, -0.15) is 0 Å². The Balaban J connectivity index is 4.10. The van der Waals surface area contributed by atoms with Crippen molar-refractivity contribution >= 4 is 19.8 Å². The van der Waals surface area contributed by atoms with Crippen molar-refractivity contribution in [1.82, 2.24) is 0 Å². The Hall–Kier alpha value is -2.03. The molecule has 10 heteroatoms. The Morgan fingerprint density at radius 2 is 0.730 bits per heavy atom. The minimum absolute atomic E-state index is 0.0309. The van der Waals surface area contributed by atoms with Crippen LogP contribution in [0.4, 0.5) is 0 Å². The quantitative estimate of drug-likeness (QED) is 0.0195. The van der Waals surface area contributed by atoms with Crippen LogP contribution in [0.5, 0.6) is 0 Å². The van der Waals surface area contributed by atoms with Gasteiger partial charge in [-0.25, -0.2) is 0 Å². The number of quaternary nitrogens is 1. The molecule has 2 atom stereocenters. The summed E-state index contributed by atoms with van der Waals surface area (Å²) < 4.78 is 34.2. The summed E-state index contributed by atoms with van der Waals surface area (Å²) >= 11 is 0. The number of phosphoric ester groups is 1. The SMILES string of the molecule is CCCCCCC/C=C\C/C=C\C/C=C\CCCCCCCCCCCCCCCCC(=O)OC(COC(=O)CCCCCCCCCCC/C=C\CCCCCCCCCC)COP(=O)([O-])OCC[N+](C)(C)C. The van der Waals surface area contributed by atoms with E-state index in [-0.39, 0.29) is 32.0 Å². The van der Waals surface area contributed by atoms with Gasteiger partial charge in [0.1, 0.15) is 19.8 Å².